The molecule has 0 fully saturated rings. The second kappa shape index (κ2) is 5.11. The van der Waals surface area contributed by atoms with Crippen LogP contribution in [0.5, 0.6) is 11.6 Å². The average Bonchev–Trinajstić information content (AvgIpc) is 2.38. The largest absolute Gasteiger partial charge is 0.437 e. The van der Waals surface area contributed by atoms with Crippen molar-refractivity contribution in [3.05, 3.63) is 52.5 Å². The third-order valence-corrected chi connectivity index (χ3v) is 3.13. The molecule has 0 saturated heterocycles. The van der Waals surface area contributed by atoms with E-state index in [0.717, 1.165) is 15.4 Å². The van der Waals surface area contributed by atoms with Gasteiger partial charge in [-0.15, -0.1) is 0 Å². The van der Waals surface area contributed by atoms with Gasteiger partial charge in [0.2, 0.25) is 5.88 Å². The zero-order chi connectivity index (χ0) is 13.2. The summed E-state index contributed by atoms with van der Waals surface area (Å²) in [6.45, 7) is 0. The normalized spacial score (nSPS) is 10.6. The number of hydrogen-bond acceptors (Lipinski definition) is 4. The molecule has 3 rings (SSSR count). The van der Waals surface area contributed by atoms with Crippen molar-refractivity contribution in [3.8, 4) is 11.6 Å². The molecule has 0 spiro atoms. The molecule has 6 heteroatoms. The summed E-state index contributed by atoms with van der Waals surface area (Å²) in [6, 6.07) is 7.19. The van der Waals surface area contributed by atoms with Crippen LogP contribution < -0.4 is 4.74 Å². The fourth-order valence-electron chi connectivity index (χ4n) is 1.65. The Morgan fingerprint density at radius 3 is 2.84 bits per heavy atom. The summed E-state index contributed by atoms with van der Waals surface area (Å²) >= 11 is 9.28. The number of aromatic nitrogens is 3. The number of ether oxygens (including phenoxy) is 1. The molecular weight excluding hydrogens is 330 g/mol. The van der Waals surface area contributed by atoms with Crippen LogP contribution >= 0.6 is 27.5 Å². The van der Waals surface area contributed by atoms with E-state index in [1.807, 2.05) is 12.1 Å². The summed E-state index contributed by atoms with van der Waals surface area (Å²) in [5, 5.41) is 1.42. The first-order chi connectivity index (χ1) is 9.22. The molecule has 0 amide bonds. The summed E-state index contributed by atoms with van der Waals surface area (Å²) in [5.74, 6) is 1.07. The van der Waals surface area contributed by atoms with Gasteiger partial charge in [-0.05, 0) is 40.2 Å². The molecule has 0 atom stereocenters. The van der Waals surface area contributed by atoms with Crippen LogP contribution in [0.25, 0.3) is 10.9 Å². The molecule has 0 aliphatic rings. The van der Waals surface area contributed by atoms with E-state index < -0.39 is 0 Å². The number of hydrogen-bond donors (Lipinski definition) is 0. The third kappa shape index (κ3) is 2.67. The van der Waals surface area contributed by atoms with Crippen molar-refractivity contribution in [2.24, 2.45) is 0 Å². The minimum atomic E-state index is 0.474. The van der Waals surface area contributed by atoms with Crippen molar-refractivity contribution < 1.29 is 4.74 Å². The number of halogens is 2. The van der Waals surface area contributed by atoms with Crippen molar-refractivity contribution >= 4 is 38.4 Å². The van der Waals surface area contributed by atoms with Crippen LogP contribution in [0.2, 0.25) is 5.02 Å². The lowest BCUT2D eigenvalue weighted by molar-refractivity contribution is 0.465. The first-order valence-corrected chi connectivity index (χ1v) is 6.58. The maximum Gasteiger partial charge on any atom is 0.230 e. The van der Waals surface area contributed by atoms with E-state index in [1.165, 1.54) is 6.33 Å². The van der Waals surface area contributed by atoms with Crippen LogP contribution in [0.4, 0.5) is 0 Å². The van der Waals surface area contributed by atoms with Gasteiger partial charge in [-0.25, -0.2) is 9.97 Å². The molecule has 0 bridgehead atoms. The quantitative estimate of drug-likeness (QED) is 0.702. The minimum absolute atomic E-state index is 0.474. The van der Waals surface area contributed by atoms with E-state index in [2.05, 4.69) is 30.9 Å². The van der Waals surface area contributed by atoms with Crippen molar-refractivity contribution in [3.63, 3.8) is 0 Å². The van der Waals surface area contributed by atoms with Gasteiger partial charge < -0.3 is 4.74 Å². The van der Waals surface area contributed by atoms with Gasteiger partial charge in [0, 0.05) is 15.7 Å². The fraction of sp³-hybridized carbons (Fsp3) is 0. The number of benzene rings is 1. The summed E-state index contributed by atoms with van der Waals surface area (Å²) in [6.07, 6.45) is 4.75. The Morgan fingerprint density at radius 2 is 2.00 bits per heavy atom. The van der Waals surface area contributed by atoms with Crippen LogP contribution in [-0.2, 0) is 0 Å². The van der Waals surface area contributed by atoms with Crippen LogP contribution in [-0.4, -0.2) is 15.0 Å². The SMILES string of the molecule is Clc1ccc2c(Oc3cncc(Br)c3)ncnc2c1. The molecule has 94 valence electrons. The monoisotopic (exact) mass is 335 g/mol. The van der Waals surface area contributed by atoms with E-state index in [9.17, 15) is 0 Å². The molecule has 4 nitrogen and oxygen atoms in total. The van der Waals surface area contributed by atoms with Gasteiger partial charge >= 0.3 is 0 Å². The Bertz CT molecular complexity index is 751. The highest BCUT2D eigenvalue weighted by Crippen LogP contribution is 2.28. The Morgan fingerprint density at radius 1 is 1.11 bits per heavy atom. The summed E-state index contributed by atoms with van der Waals surface area (Å²) in [4.78, 5) is 12.3. The lowest BCUT2D eigenvalue weighted by Gasteiger charge is -2.07. The lowest BCUT2D eigenvalue weighted by atomic mass is 10.2. The molecule has 3 aromatic rings. The molecule has 0 N–H and O–H groups in total. The highest BCUT2D eigenvalue weighted by Gasteiger charge is 2.07. The number of rotatable bonds is 2. The predicted octanol–water partition coefficient (Wildman–Crippen LogP) is 4.23. The molecule has 19 heavy (non-hydrogen) atoms. The molecular formula is C13H7BrClN3O. The Balaban J connectivity index is 2.06. The summed E-state index contributed by atoms with van der Waals surface area (Å²) in [5.41, 5.74) is 0.737. The van der Waals surface area contributed by atoms with Gasteiger partial charge in [-0.3, -0.25) is 4.98 Å². The zero-order valence-electron chi connectivity index (χ0n) is 9.55. The van der Waals surface area contributed by atoms with Crippen molar-refractivity contribution in [1.82, 2.24) is 15.0 Å². The molecule has 0 aliphatic carbocycles. The van der Waals surface area contributed by atoms with Crippen LogP contribution in [0.3, 0.4) is 0 Å². The topological polar surface area (TPSA) is 47.9 Å². The molecule has 0 saturated carbocycles. The van der Waals surface area contributed by atoms with Gasteiger partial charge in [-0.1, -0.05) is 11.6 Å². The van der Waals surface area contributed by atoms with Gasteiger partial charge in [0.15, 0.2) is 0 Å². The Labute approximate surface area is 122 Å². The van der Waals surface area contributed by atoms with Crippen LogP contribution in [0, 0.1) is 0 Å². The van der Waals surface area contributed by atoms with Crippen LogP contribution in [0.15, 0.2) is 47.5 Å². The lowest BCUT2D eigenvalue weighted by Crippen LogP contribution is -1.91. The van der Waals surface area contributed by atoms with Crippen molar-refractivity contribution in [2.45, 2.75) is 0 Å². The van der Waals surface area contributed by atoms with E-state index in [4.69, 9.17) is 16.3 Å². The maximum atomic E-state index is 5.93. The Hall–Kier alpha value is -1.72. The predicted molar refractivity (Wildman–Crippen MR) is 76.6 cm³/mol. The van der Waals surface area contributed by atoms with Gasteiger partial charge in [-0.2, -0.15) is 0 Å². The first-order valence-electron chi connectivity index (χ1n) is 5.41. The molecule has 0 unspecified atom stereocenters. The second-order valence-electron chi connectivity index (χ2n) is 3.78. The van der Waals surface area contributed by atoms with Gasteiger partial charge in [0.25, 0.3) is 0 Å². The van der Waals surface area contributed by atoms with E-state index in [-0.39, 0.29) is 0 Å². The molecule has 2 aromatic heterocycles. The third-order valence-electron chi connectivity index (χ3n) is 2.46. The molecule has 0 radical (unpaired) electrons. The zero-order valence-corrected chi connectivity index (χ0v) is 11.9. The smallest absolute Gasteiger partial charge is 0.230 e. The van der Waals surface area contributed by atoms with Crippen LogP contribution in [0.1, 0.15) is 0 Å². The van der Waals surface area contributed by atoms with Gasteiger partial charge in [0.1, 0.15) is 12.1 Å². The van der Waals surface area contributed by atoms with E-state index in [0.29, 0.717) is 16.7 Å². The number of fused-ring (bicyclic) bond motifs is 1. The standard InChI is InChI=1S/C13H7BrClN3O/c14-8-3-10(6-16-5-8)19-13-11-2-1-9(15)4-12(11)17-7-18-13/h1-7H. The number of pyridine rings is 1. The molecule has 2 heterocycles. The van der Waals surface area contributed by atoms with E-state index >= 15 is 0 Å². The highest BCUT2D eigenvalue weighted by atomic mass is 79.9. The fourth-order valence-corrected chi connectivity index (χ4v) is 2.16. The summed E-state index contributed by atoms with van der Waals surface area (Å²) in [7, 11) is 0. The number of nitrogens with zero attached hydrogens (tertiary/aromatic N) is 3. The molecule has 0 aliphatic heterocycles. The van der Waals surface area contributed by atoms with Crippen molar-refractivity contribution in [2.75, 3.05) is 0 Å². The van der Waals surface area contributed by atoms with E-state index in [1.54, 1.807) is 24.5 Å². The molecule has 1 aromatic carbocycles. The van der Waals surface area contributed by atoms with Gasteiger partial charge in [0.05, 0.1) is 17.1 Å². The second-order valence-corrected chi connectivity index (χ2v) is 5.13. The van der Waals surface area contributed by atoms with Crippen molar-refractivity contribution in [1.29, 1.82) is 0 Å². The first kappa shape index (κ1) is 12.3. The Kier molecular flexibility index (Phi) is 3.31. The summed E-state index contributed by atoms with van der Waals surface area (Å²) < 4.78 is 6.56. The maximum absolute atomic E-state index is 5.93. The average molecular weight is 337 g/mol. The minimum Gasteiger partial charge on any atom is -0.437 e. The highest BCUT2D eigenvalue weighted by molar-refractivity contribution is 9.10.